The predicted octanol–water partition coefficient (Wildman–Crippen LogP) is 3.14. The standard InChI is InChI=1S/C24H17F2N7O3/c1-36-23(35)31-24-8-4-7-16-17(24)19(30-22(24)34)29-20(28-16)18-14-9-13(25)10-27-21(14)33(32-18)11-12-5-2-3-6-15(12)26/h2-7,9-10H,8,11H2,1H3,(H,31,35)(H,28,29,30,34). The fourth-order valence-corrected chi connectivity index (χ4v) is 4.58. The highest BCUT2D eigenvalue weighted by atomic mass is 19.1. The number of carbonyl (C=O) groups is 2. The van der Waals surface area contributed by atoms with Crippen molar-refractivity contribution in [2.45, 2.75) is 18.5 Å². The first-order chi connectivity index (χ1) is 17.4. The van der Waals surface area contributed by atoms with Crippen molar-refractivity contribution >= 4 is 34.9 Å². The highest BCUT2D eigenvalue weighted by Crippen LogP contribution is 2.43. The Morgan fingerprint density at radius 2 is 2.11 bits per heavy atom. The quantitative estimate of drug-likeness (QED) is 0.451. The second-order valence-electron chi connectivity index (χ2n) is 8.36. The van der Waals surface area contributed by atoms with Gasteiger partial charge in [0.2, 0.25) is 0 Å². The number of hydrogen-bond acceptors (Lipinski definition) is 7. The van der Waals surface area contributed by atoms with Gasteiger partial charge in [0, 0.05) is 12.0 Å². The Balaban J connectivity index is 1.51. The molecular formula is C24H17F2N7O3. The third-order valence-corrected chi connectivity index (χ3v) is 6.23. The van der Waals surface area contributed by atoms with Crippen molar-refractivity contribution in [3.63, 3.8) is 0 Å². The smallest absolute Gasteiger partial charge is 0.408 e. The predicted molar refractivity (Wildman–Crippen MR) is 124 cm³/mol. The van der Waals surface area contributed by atoms with Gasteiger partial charge < -0.3 is 15.4 Å². The minimum atomic E-state index is -1.41. The molecule has 6 rings (SSSR count). The summed E-state index contributed by atoms with van der Waals surface area (Å²) in [5.74, 6) is -1.19. The van der Waals surface area contributed by atoms with E-state index < -0.39 is 29.2 Å². The number of pyridine rings is 1. The fraction of sp³-hybridized carbons (Fsp3) is 0.167. The van der Waals surface area contributed by atoms with Gasteiger partial charge in [0.1, 0.15) is 23.1 Å². The van der Waals surface area contributed by atoms with E-state index in [4.69, 9.17) is 4.74 Å². The van der Waals surface area contributed by atoms with Gasteiger partial charge in [-0.3, -0.25) is 4.79 Å². The van der Waals surface area contributed by atoms with E-state index in [0.717, 1.165) is 6.20 Å². The SMILES string of the molecule is COC(=O)NC12CC=Cc3nc(-c4nn(Cc5ccccc5F)c5ncc(F)cc45)nc(c31)NC2=O. The summed E-state index contributed by atoms with van der Waals surface area (Å²) in [6, 6.07) is 7.50. The number of ether oxygens (including phenoxy) is 1. The summed E-state index contributed by atoms with van der Waals surface area (Å²) < 4.78 is 34.7. The summed E-state index contributed by atoms with van der Waals surface area (Å²) in [5.41, 5.74) is 0.275. The second kappa shape index (κ2) is 7.90. The van der Waals surface area contributed by atoms with E-state index in [1.807, 2.05) is 0 Å². The Bertz CT molecular complexity index is 1620. The number of halogens is 2. The van der Waals surface area contributed by atoms with E-state index in [1.54, 1.807) is 30.4 Å². The monoisotopic (exact) mass is 489 g/mol. The van der Waals surface area contributed by atoms with Gasteiger partial charge in [-0.15, -0.1) is 0 Å². The first-order valence-corrected chi connectivity index (χ1v) is 10.9. The van der Waals surface area contributed by atoms with E-state index in [1.165, 1.54) is 23.9 Å². The lowest BCUT2D eigenvalue weighted by atomic mass is 9.84. The number of amides is 2. The molecule has 2 amide bonds. The van der Waals surface area contributed by atoms with Gasteiger partial charge in [-0.1, -0.05) is 24.3 Å². The lowest BCUT2D eigenvalue weighted by Crippen LogP contribution is -2.51. The Labute approximate surface area is 202 Å². The summed E-state index contributed by atoms with van der Waals surface area (Å²) in [7, 11) is 1.20. The van der Waals surface area contributed by atoms with Crippen LogP contribution >= 0.6 is 0 Å². The van der Waals surface area contributed by atoms with Crippen molar-refractivity contribution in [2.75, 3.05) is 12.4 Å². The molecule has 0 saturated heterocycles. The molecule has 2 aliphatic rings. The number of nitrogens with one attached hydrogen (secondary N) is 2. The van der Waals surface area contributed by atoms with Crippen LogP contribution in [-0.4, -0.2) is 43.8 Å². The summed E-state index contributed by atoms with van der Waals surface area (Å²) in [4.78, 5) is 38.2. The number of fused-ring (bicyclic) bond motifs is 1. The molecule has 1 atom stereocenters. The molecule has 0 spiro atoms. The van der Waals surface area contributed by atoms with Gasteiger partial charge in [0.15, 0.2) is 17.0 Å². The van der Waals surface area contributed by atoms with Gasteiger partial charge in [-0.05, 0) is 18.2 Å². The van der Waals surface area contributed by atoms with Gasteiger partial charge in [-0.2, -0.15) is 5.10 Å². The molecule has 3 aromatic heterocycles. The van der Waals surface area contributed by atoms with Crippen molar-refractivity contribution < 1.29 is 23.1 Å². The van der Waals surface area contributed by atoms with Crippen molar-refractivity contribution in [1.29, 1.82) is 0 Å². The third-order valence-electron chi connectivity index (χ3n) is 6.23. The molecule has 1 aliphatic heterocycles. The van der Waals surface area contributed by atoms with Crippen LogP contribution in [0.1, 0.15) is 23.2 Å². The lowest BCUT2D eigenvalue weighted by molar-refractivity contribution is -0.121. The van der Waals surface area contributed by atoms with Crippen LogP contribution in [0.4, 0.5) is 19.4 Å². The molecule has 4 heterocycles. The Morgan fingerprint density at radius 1 is 1.28 bits per heavy atom. The second-order valence-corrected chi connectivity index (χ2v) is 8.36. The first-order valence-electron chi connectivity index (χ1n) is 10.9. The van der Waals surface area contributed by atoms with E-state index in [0.29, 0.717) is 27.9 Å². The molecule has 180 valence electrons. The van der Waals surface area contributed by atoms with Crippen molar-refractivity contribution in [1.82, 2.24) is 30.0 Å². The molecule has 0 radical (unpaired) electrons. The molecule has 10 nitrogen and oxygen atoms in total. The first kappa shape index (κ1) is 21.8. The molecule has 36 heavy (non-hydrogen) atoms. The summed E-state index contributed by atoms with van der Waals surface area (Å²) >= 11 is 0. The van der Waals surface area contributed by atoms with Crippen LogP contribution < -0.4 is 10.6 Å². The third kappa shape index (κ3) is 3.21. The molecule has 0 fully saturated rings. The minimum Gasteiger partial charge on any atom is -0.453 e. The molecular weight excluding hydrogens is 472 g/mol. The Kier molecular flexibility index (Phi) is 4.78. The number of anilines is 1. The van der Waals surface area contributed by atoms with Crippen molar-refractivity contribution in [3.8, 4) is 11.5 Å². The average molecular weight is 489 g/mol. The molecule has 0 saturated carbocycles. The fourth-order valence-electron chi connectivity index (χ4n) is 4.58. The molecule has 4 aromatic rings. The molecule has 2 N–H and O–H groups in total. The Morgan fingerprint density at radius 3 is 2.92 bits per heavy atom. The number of methoxy groups -OCH3 is 1. The highest BCUT2D eigenvalue weighted by molar-refractivity contribution is 6.08. The molecule has 1 unspecified atom stereocenters. The van der Waals surface area contributed by atoms with Gasteiger partial charge in [0.05, 0.1) is 36.5 Å². The van der Waals surface area contributed by atoms with Gasteiger partial charge in [0.25, 0.3) is 5.91 Å². The van der Waals surface area contributed by atoms with E-state index in [-0.39, 0.29) is 30.3 Å². The highest BCUT2D eigenvalue weighted by Gasteiger charge is 2.52. The maximum absolute atomic E-state index is 14.3. The zero-order chi connectivity index (χ0) is 25.0. The summed E-state index contributed by atoms with van der Waals surface area (Å²) in [6.07, 6.45) is 3.88. The molecule has 12 heteroatoms. The van der Waals surface area contributed by atoms with Crippen LogP contribution in [0, 0.1) is 11.6 Å². The largest absolute Gasteiger partial charge is 0.453 e. The topological polar surface area (TPSA) is 124 Å². The Hall–Kier alpha value is -4.74. The minimum absolute atomic E-state index is 0.0441. The van der Waals surface area contributed by atoms with Crippen LogP contribution in [0.3, 0.4) is 0 Å². The van der Waals surface area contributed by atoms with Crippen molar-refractivity contribution in [3.05, 3.63) is 71.1 Å². The van der Waals surface area contributed by atoms with Crippen molar-refractivity contribution in [2.24, 2.45) is 0 Å². The lowest BCUT2D eigenvalue weighted by Gasteiger charge is -2.29. The van der Waals surface area contributed by atoms with E-state index in [9.17, 15) is 18.4 Å². The van der Waals surface area contributed by atoms with E-state index in [2.05, 4.69) is 30.7 Å². The maximum atomic E-state index is 14.3. The number of rotatable bonds is 4. The molecule has 0 bridgehead atoms. The van der Waals surface area contributed by atoms with Crippen LogP contribution in [0.25, 0.3) is 28.6 Å². The van der Waals surface area contributed by atoms with Crippen LogP contribution in [0.5, 0.6) is 0 Å². The maximum Gasteiger partial charge on any atom is 0.408 e. The molecule has 1 aromatic carbocycles. The number of nitrogens with zero attached hydrogens (tertiary/aromatic N) is 5. The number of alkyl carbamates (subject to hydrolysis) is 1. The zero-order valence-corrected chi connectivity index (χ0v) is 18.7. The zero-order valence-electron chi connectivity index (χ0n) is 18.7. The molecule has 1 aliphatic carbocycles. The van der Waals surface area contributed by atoms with Gasteiger partial charge >= 0.3 is 6.09 Å². The number of aromatic nitrogens is 5. The van der Waals surface area contributed by atoms with E-state index >= 15 is 0 Å². The summed E-state index contributed by atoms with van der Waals surface area (Å²) in [6.45, 7) is 0.0441. The summed E-state index contributed by atoms with van der Waals surface area (Å²) in [5, 5.41) is 10.2. The van der Waals surface area contributed by atoms with Crippen LogP contribution in [-0.2, 0) is 21.6 Å². The number of carbonyl (C=O) groups excluding carboxylic acids is 2. The van der Waals surface area contributed by atoms with Gasteiger partial charge in [-0.25, -0.2) is 33.2 Å². The van der Waals surface area contributed by atoms with Crippen LogP contribution in [0.15, 0.2) is 42.6 Å². The number of hydrogen-bond donors (Lipinski definition) is 2. The van der Waals surface area contributed by atoms with Crippen LogP contribution in [0.2, 0.25) is 0 Å². The normalized spacial score (nSPS) is 17.7. The number of benzene rings is 1. The average Bonchev–Trinajstić information content (AvgIpc) is 3.35.